The van der Waals surface area contributed by atoms with Gasteiger partial charge in [0.05, 0.1) is 16.9 Å². The average molecular weight is 247 g/mol. The Morgan fingerprint density at radius 2 is 2.06 bits per heavy atom. The second kappa shape index (κ2) is 5.77. The molecule has 0 heterocycles. The number of carbonyl (C=O) groups excluding carboxylic acids is 1. The highest BCUT2D eigenvalue weighted by atomic mass is 16.6. The zero-order valence-corrected chi connectivity index (χ0v) is 10.2. The van der Waals surface area contributed by atoms with Crippen LogP contribution in [-0.4, -0.2) is 29.3 Å². The zero-order chi connectivity index (χ0) is 13.7. The van der Waals surface area contributed by atoms with Crippen molar-refractivity contribution in [3.05, 3.63) is 39.9 Å². The lowest BCUT2D eigenvalue weighted by molar-refractivity contribution is -0.384. The summed E-state index contributed by atoms with van der Waals surface area (Å²) in [5.41, 5.74) is 0.313. The van der Waals surface area contributed by atoms with Gasteiger partial charge in [0.15, 0.2) is 0 Å². The van der Waals surface area contributed by atoms with Crippen LogP contribution in [0.2, 0.25) is 0 Å². The van der Waals surface area contributed by atoms with Gasteiger partial charge in [0, 0.05) is 31.3 Å². The van der Waals surface area contributed by atoms with Crippen LogP contribution in [0.3, 0.4) is 0 Å². The summed E-state index contributed by atoms with van der Waals surface area (Å²) in [6.45, 7) is 2.05. The van der Waals surface area contributed by atoms with E-state index in [9.17, 15) is 14.9 Å². The third kappa shape index (κ3) is 3.28. The maximum atomic E-state index is 11.9. The molecule has 6 heteroatoms. The van der Waals surface area contributed by atoms with Gasteiger partial charge < -0.3 is 4.90 Å². The summed E-state index contributed by atoms with van der Waals surface area (Å²) >= 11 is 0. The standard InChI is InChI=1S/C12H13N3O3/c1-9(7-13)8-14(2)12(16)10-3-5-11(6-4-10)15(17)18/h3-6,9H,8H2,1-2H3. The van der Waals surface area contributed by atoms with Crippen LogP contribution in [0.25, 0.3) is 0 Å². The van der Waals surface area contributed by atoms with Crippen molar-refractivity contribution in [1.29, 1.82) is 5.26 Å². The fourth-order valence-corrected chi connectivity index (χ4v) is 1.48. The van der Waals surface area contributed by atoms with E-state index in [0.29, 0.717) is 12.1 Å². The van der Waals surface area contributed by atoms with Crippen molar-refractivity contribution in [3.63, 3.8) is 0 Å². The number of carbonyl (C=O) groups is 1. The largest absolute Gasteiger partial charge is 0.340 e. The molecule has 0 N–H and O–H groups in total. The Labute approximate surface area is 105 Å². The maximum Gasteiger partial charge on any atom is 0.269 e. The number of amides is 1. The van der Waals surface area contributed by atoms with Crippen molar-refractivity contribution in [2.24, 2.45) is 5.92 Å². The van der Waals surface area contributed by atoms with Gasteiger partial charge in [-0.15, -0.1) is 0 Å². The minimum absolute atomic E-state index is 0.0559. The van der Waals surface area contributed by atoms with Crippen LogP contribution in [0.15, 0.2) is 24.3 Å². The molecule has 0 aromatic heterocycles. The van der Waals surface area contributed by atoms with E-state index in [0.717, 1.165) is 0 Å². The van der Waals surface area contributed by atoms with E-state index in [1.165, 1.54) is 29.2 Å². The SMILES string of the molecule is CC(C#N)CN(C)C(=O)c1ccc([N+](=O)[O-])cc1. The predicted molar refractivity (Wildman–Crippen MR) is 64.8 cm³/mol. The molecule has 18 heavy (non-hydrogen) atoms. The Balaban J connectivity index is 2.78. The lowest BCUT2D eigenvalue weighted by atomic mass is 10.1. The summed E-state index contributed by atoms with van der Waals surface area (Å²) in [5.74, 6) is -0.510. The highest BCUT2D eigenvalue weighted by molar-refractivity contribution is 5.94. The molecule has 0 aliphatic carbocycles. The van der Waals surface area contributed by atoms with Gasteiger partial charge in [-0.3, -0.25) is 14.9 Å². The Kier molecular flexibility index (Phi) is 4.38. The van der Waals surface area contributed by atoms with Crippen LogP contribution in [0.1, 0.15) is 17.3 Å². The number of non-ortho nitro benzene ring substituents is 1. The molecule has 0 saturated heterocycles. The van der Waals surface area contributed by atoms with Crippen molar-refractivity contribution in [3.8, 4) is 6.07 Å². The molecule has 1 rings (SSSR count). The van der Waals surface area contributed by atoms with Crippen LogP contribution in [0.4, 0.5) is 5.69 Å². The fourth-order valence-electron chi connectivity index (χ4n) is 1.48. The zero-order valence-electron chi connectivity index (χ0n) is 10.2. The van der Waals surface area contributed by atoms with Crippen LogP contribution in [0, 0.1) is 27.4 Å². The molecule has 1 aromatic carbocycles. The summed E-state index contributed by atoms with van der Waals surface area (Å²) in [6.07, 6.45) is 0. The Bertz CT molecular complexity index is 490. The number of nitrogens with zero attached hydrogens (tertiary/aromatic N) is 3. The van der Waals surface area contributed by atoms with Crippen molar-refractivity contribution in [2.45, 2.75) is 6.92 Å². The topological polar surface area (TPSA) is 87.2 Å². The Morgan fingerprint density at radius 3 is 2.50 bits per heavy atom. The van der Waals surface area contributed by atoms with Crippen molar-refractivity contribution in [2.75, 3.05) is 13.6 Å². The van der Waals surface area contributed by atoms with Crippen LogP contribution in [0.5, 0.6) is 0 Å². The van der Waals surface area contributed by atoms with E-state index in [4.69, 9.17) is 5.26 Å². The molecule has 0 fully saturated rings. The second-order valence-electron chi connectivity index (χ2n) is 4.02. The highest BCUT2D eigenvalue weighted by Gasteiger charge is 2.15. The lowest BCUT2D eigenvalue weighted by Gasteiger charge is -2.18. The molecule has 6 nitrogen and oxygen atoms in total. The van der Waals surface area contributed by atoms with Gasteiger partial charge in [-0.1, -0.05) is 0 Å². The molecule has 0 spiro atoms. The molecule has 0 bridgehead atoms. The molecule has 1 unspecified atom stereocenters. The number of hydrogen-bond acceptors (Lipinski definition) is 4. The number of rotatable bonds is 4. The summed E-state index contributed by atoms with van der Waals surface area (Å²) in [5, 5.41) is 19.1. The van der Waals surface area contributed by atoms with E-state index >= 15 is 0 Å². The van der Waals surface area contributed by atoms with Gasteiger partial charge in [-0.25, -0.2) is 0 Å². The number of hydrogen-bond donors (Lipinski definition) is 0. The monoisotopic (exact) mass is 247 g/mol. The van der Waals surface area contributed by atoms with Crippen LogP contribution >= 0.6 is 0 Å². The second-order valence-corrected chi connectivity index (χ2v) is 4.02. The third-order valence-electron chi connectivity index (χ3n) is 2.44. The molecule has 1 amide bonds. The average Bonchev–Trinajstić information content (AvgIpc) is 2.37. The van der Waals surface area contributed by atoms with Gasteiger partial charge in [0.25, 0.3) is 11.6 Å². The van der Waals surface area contributed by atoms with E-state index in [2.05, 4.69) is 0 Å². The van der Waals surface area contributed by atoms with Gasteiger partial charge >= 0.3 is 0 Å². The first kappa shape index (κ1) is 13.6. The minimum Gasteiger partial charge on any atom is -0.340 e. The number of nitro benzene ring substituents is 1. The van der Waals surface area contributed by atoms with Gasteiger partial charge in [0.1, 0.15) is 0 Å². The Hall–Kier alpha value is -2.42. The Morgan fingerprint density at radius 1 is 1.50 bits per heavy atom. The molecule has 0 aliphatic heterocycles. The highest BCUT2D eigenvalue weighted by Crippen LogP contribution is 2.13. The molecule has 1 atom stereocenters. The summed E-state index contributed by atoms with van der Waals surface area (Å²) < 4.78 is 0. The normalized spacial score (nSPS) is 11.4. The molecular formula is C12H13N3O3. The molecular weight excluding hydrogens is 234 g/mol. The van der Waals surface area contributed by atoms with Crippen molar-refractivity contribution >= 4 is 11.6 Å². The number of nitriles is 1. The van der Waals surface area contributed by atoms with Crippen LogP contribution in [-0.2, 0) is 0 Å². The summed E-state index contributed by atoms with van der Waals surface area (Å²) in [7, 11) is 1.59. The quantitative estimate of drug-likeness (QED) is 0.599. The summed E-state index contributed by atoms with van der Waals surface area (Å²) in [6, 6.07) is 7.44. The van der Waals surface area contributed by atoms with E-state index in [-0.39, 0.29) is 17.5 Å². The first-order valence-electron chi connectivity index (χ1n) is 5.35. The minimum atomic E-state index is -0.518. The van der Waals surface area contributed by atoms with E-state index < -0.39 is 4.92 Å². The van der Waals surface area contributed by atoms with Gasteiger partial charge in [-0.2, -0.15) is 5.26 Å². The molecule has 0 saturated carbocycles. The molecule has 94 valence electrons. The first-order valence-corrected chi connectivity index (χ1v) is 5.35. The fraction of sp³-hybridized carbons (Fsp3) is 0.333. The van der Waals surface area contributed by atoms with Crippen molar-refractivity contribution in [1.82, 2.24) is 4.90 Å². The van der Waals surface area contributed by atoms with Gasteiger partial charge in [-0.05, 0) is 19.1 Å². The third-order valence-corrected chi connectivity index (χ3v) is 2.44. The van der Waals surface area contributed by atoms with E-state index in [1.807, 2.05) is 6.07 Å². The van der Waals surface area contributed by atoms with E-state index in [1.54, 1.807) is 14.0 Å². The summed E-state index contributed by atoms with van der Waals surface area (Å²) in [4.78, 5) is 23.3. The molecule has 1 aromatic rings. The van der Waals surface area contributed by atoms with Gasteiger partial charge in [0.2, 0.25) is 0 Å². The number of nitro groups is 1. The predicted octanol–water partition coefficient (Wildman–Crippen LogP) is 1.83. The molecule has 0 aliphatic rings. The molecule has 0 radical (unpaired) electrons. The van der Waals surface area contributed by atoms with Crippen LogP contribution < -0.4 is 0 Å². The first-order chi connectivity index (χ1) is 8.45. The lowest BCUT2D eigenvalue weighted by Crippen LogP contribution is -2.30. The van der Waals surface area contributed by atoms with Crippen molar-refractivity contribution < 1.29 is 9.72 Å². The number of benzene rings is 1. The maximum absolute atomic E-state index is 11.9. The smallest absolute Gasteiger partial charge is 0.269 e.